The van der Waals surface area contributed by atoms with Gasteiger partial charge in [0.2, 0.25) is 0 Å². The van der Waals surface area contributed by atoms with Gasteiger partial charge in [0, 0.05) is 18.3 Å². The van der Waals surface area contributed by atoms with Crippen molar-refractivity contribution in [3.8, 4) is 0 Å². The van der Waals surface area contributed by atoms with E-state index < -0.39 is 0 Å². The first-order valence-electron chi connectivity index (χ1n) is 7.17. The highest BCUT2D eigenvalue weighted by atomic mass is 79.9. The molecule has 1 aromatic rings. The number of halogens is 1. The van der Waals surface area contributed by atoms with Crippen molar-refractivity contribution in [3.63, 3.8) is 0 Å². The maximum absolute atomic E-state index is 12.0. The van der Waals surface area contributed by atoms with Gasteiger partial charge in [-0.15, -0.1) is 0 Å². The highest BCUT2D eigenvalue weighted by Gasteiger charge is 2.24. The van der Waals surface area contributed by atoms with Crippen molar-refractivity contribution in [3.05, 3.63) is 23.7 Å². The molecule has 0 spiro atoms. The van der Waals surface area contributed by atoms with Crippen LogP contribution in [0, 0.1) is 11.8 Å². The van der Waals surface area contributed by atoms with E-state index in [-0.39, 0.29) is 5.91 Å². The molecule has 0 saturated heterocycles. The molecular formula is C15H22BrNO2. The predicted molar refractivity (Wildman–Crippen MR) is 79.7 cm³/mol. The summed E-state index contributed by atoms with van der Waals surface area (Å²) in [5.41, 5.74) is 0. The summed E-state index contributed by atoms with van der Waals surface area (Å²) in [6.45, 7) is 2.78. The van der Waals surface area contributed by atoms with Gasteiger partial charge >= 0.3 is 0 Å². The van der Waals surface area contributed by atoms with E-state index in [1.807, 2.05) is 13.0 Å². The van der Waals surface area contributed by atoms with Crippen LogP contribution in [0.3, 0.4) is 0 Å². The van der Waals surface area contributed by atoms with Gasteiger partial charge in [0.05, 0.1) is 0 Å². The minimum absolute atomic E-state index is 0.0846. The molecule has 1 aliphatic carbocycles. The zero-order valence-electron chi connectivity index (χ0n) is 11.5. The number of nitrogens with one attached hydrogen (secondary N) is 1. The molecule has 106 valence electrons. The van der Waals surface area contributed by atoms with Crippen molar-refractivity contribution in [1.82, 2.24) is 5.32 Å². The molecule has 0 bridgehead atoms. The molecule has 0 radical (unpaired) electrons. The van der Waals surface area contributed by atoms with Gasteiger partial charge in [-0.25, -0.2) is 0 Å². The van der Waals surface area contributed by atoms with Gasteiger partial charge in [0.15, 0.2) is 5.76 Å². The second-order valence-corrected chi connectivity index (χ2v) is 5.94. The number of amides is 1. The molecule has 2 unspecified atom stereocenters. The molecule has 1 heterocycles. The Bertz CT molecular complexity index is 416. The SMILES string of the molecule is CCc1ccc(C(=O)NCC2CCCCC2CBr)o1. The first kappa shape index (κ1) is 14.6. The Hall–Kier alpha value is -0.770. The highest BCUT2D eigenvalue weighted by Crippen LogP contribution is 2.30. The molecule has 3 nitrogen and oxygen atoms in total. The van der Waals surface area contributed by atoms with Gasteiger partial charge in [-0.2, -0.15) is 0 Å². The Morgan fingerprint density at radius 1 is 1.37 bits per heavy atom. The quantitative estimate of drug-likeness (QED) is 0.836. The minimum Gasteiger partial charge on any atom is -0.456 e. The fourth-order valence-corrected chi connectivity index (χ4v) is 3.61. The molecular weight excluding hydrogens is 306 g/mol. The average Bonchev–Trinajstić information content (AvgIpc) is 2.94. The lowest BCUT2D eigenvalue weighted by molar-refractivity contribution is 0.0907. The molecule has 1 fully saturated rings. The van der Waals surface area contributed by atoms with E-state index in [1.165, 1.54) is 25.7 Å². The van der Waals surface area contributed by atoms with Crippen LogP contribution < -0.4 is 5.32 Å². The Morgan fingerprint density at radius 2 is 2.11 bits per heavy atom. The molecule has 1 aliphatic rings. The van der Waals surface area contributed by atoms with E-state index in [4.69, 9.17) is 4.42 Å². The third-order valence-electron chi connectivity index (χ3n) is 4.02. The molecule has 1 saturated carbocycles. The molecule has 1 amide bonds. The standard InChI is InChI=1S/C15H22BrNO2/c1-2-13-7-8-14(19-13)15(18)17-10-12-6-4-3-5-11(12)9-16/h7-8,11-12H,2-6,9-10H2,1H3,(H,17,18). The molecule has 2 rings (SSSR count). The summed E-state index contributed by atoms with van der Waals surface area (Å²) in [4.78, 5) is 12.0. The van der Waals surface area contributed by atoms with Gasteiger partial charge in [-0.3, -0.25) is 4.79 Å². The number of hydrogen-bond acceptors (Lipinski definition) is 2. The van der Waals surface area contributed by atoms with Crippen LogP contribution in [0.1, 0.15) is 48.9 Å². The second kappa shape index (κ2) is 7.13. The summed E-state index contributed by atoms with van der Waals surface area (Å²) in [7, 11) is 0. The zero-order chi connectivity index (χ0) is 13.7. The van der Waals surface area contributed by atoms with Gasteiger partial charge in [0.1, 0.15) is 5.76 Å². The van der Waals surface area contributed by atoms with Crippen LogP contribution in [0.5, 0.6) is 0 Å². The number of carbonyl (C=O) groups is 1. The Labute approximate surface area is 123 Å². The predicted octanol–water partition coefficient (Wildman–Crippen LogP) is 3.77. The van der Waals surface area contributed by atoms with Gasteiger partial charge in [-0.05, 0) is 36.8 Å². The van der Waals surface area contributed by atoms with Crippen LogP contribution >= 0.6 is 15.9 Å². The van der Waals surface area contributed by atoms with Crippen LogP contribution in [0.2, 0.25) is 0 Å². The highest BCUT2D eigenvalue weighted by molar-refractivity contribution is 9.09. The summed E-state index contributed by atoms with van der Waals surface area (Å²) in [5, 5.41) is 4.05. The van der Waals surface area contributed by atoms with Crippen LogP contribution in [0.4, 0.5) is 0 Å². The Balaban J connectivity index is 1.85. The number of carbonyl (C=O) groups excluding carboxylic acids is 1. The van der Waals surface area contributed by atoms with Crippen molar-refractivity contribution < 1.29 is 9.21 Å². The Morgan fingerprint density at radius 3 is 2.74 bits per heavy atom. The molecule has 19 heavy (non-hydrogen) atoms. The number of rotatable bonds is 5. The lowest BCUT2D eigenvalue weighted by Gasteiger charge is -2.30. The third-order valence-corrected chi connectivity index (χ3v) is 4.86. The van der Waals surface area contributed by atoms with E-state index in [9.17, 15) is 4.79 Å². The molecule has 2 atom stereocenters. The number of aryl methyl sites for hydroxylation is 1. The van der Waals surface area contributed by atoms with E-state index in [2.05, 4.69) is 21.2 Å². The van der Waals surface area contributed by atoms with Gasteiger partial charge in [0.25, 0.3) is 5.91 Å². The van der Waals surface area contributed by atoms with Crippen LogP contribution in [-0.4, -0.2) is 17.8 Å². The second-order valence-electron chi connectivity index (χ2n) is 5.29. The van der Waals surface area contributed by atoms with Crippen LogP contribution in [0.15, 0.2) is 16.5 Å². The Kier molecular flexibility index (Phi) is 5.49. The molecule has 0 aliphatic heterocycles. The van der Waals surface area contributed by atoms with Gasteiger partial charge < -0.3 is 9.73 Å². The average molecular weight is 328 g/mol. The summed E-state index contributed by atoms with van der Waals surface area (Å²) in [5.74, 6) is 2.50. The molecule has 4 heteroatoms. The van der Waals surface area contributed by atoms with E-state index >= 15 is 0 Å². The van der Waals surface area contributed by atoms with E-state index in [0.717, 1.165) is 24.1 Å². The maximum Gasteiger partial charge on any atom is 0.287 e. The van der Waals surface area contributed by atoms with Crippen molar-refractivity contribution in [2.75, 3.05) is 11.9 Å². The summed E-state index contributed by atoms with van der Waals surface area (Å²) >= 11 is 3.58. The number of hydrogen-bond donors (Lipinski definition) is 1. The molecule has 1 N–H and O–H groups in total. The molecule has 1 aromatic heterocycles. The van der Waals surface area contributed by atoms with Crippen LogP contribution in [-0.2, 0) is 6.42 Å². The summed E-state index contributed by atoms with van der Waals surface area (Å²) in [6, 6.07) is 3.63. The number of alkyl halides is 1. The van der Waals surface area contributed by atoms with Crippen molar-refractivity contribution in [2.45, 2.75) is 39.0 Å². The summed E-state index contributed by atoms with van der Waals surface area (Å²) in [6.07, 6.45) is 5.91. The van der Waals surface area contributed by atoms with Crippen LogP contribution in [0.25, 0.3) is 0 Å². The smallest absolute Gasteiger partial charge is 0.287 e. The van der Waals surface area contributed by atoms with E-state index in [0.29, 0.717) is 17.6 Å². The van der Waals surface area contributed by atoms with E-state index in [1.54, 1.807) is 6.07 Å². The largest absolute Gasteiger partial charge is 0.456 e. The van der Waals surface area contributed by atoms with Crippen molar-refractivity contribution in [2.24, 2.45) is 11.8 Å². The zero-order valence-corrected chi connectivity index (χ0v) is 13.0. The van der Waals surface area contributed by atoms with Gasteiger partial charge in [-0.1, -0.05) is 35.7 Å². The maximum atomic E-state index is 12.0. The lowest BCUT2D eigenvalue weighted by Crippen LogP contribution is -2.34. The monoisotopic (exact) mass is 327 g/mol. The van der Waals surface area contributed by atoms with Crippen molar-refractivity contribution >= 4 is 21.8 Å². The normalized spacial score (nSPS) is 23.3. The molecule has 0 aromatic carbocycles. The fraction of sp³-hybridized carbons (Fsp3) is 0.667. The fourth-order valence-electron chi connectivity index (χ4n) is 2.76. The third kappa shape index (κ3) is 3.85. The summed E-state index contributed by atoms with van der Waals surface area (Å²) < 4.78 is 5.47. The first-order chi connectivity index (χ1) is 9.24. The number of furan rings is 1. The lowest BCUT2D eigenvalue weighted by atomic mass is 9.80. The minimum atomic E-state index is -0.0846. The van der Waals surface area contributed by atoms with Crippen molar-refractivity contribution in [1.29, 1.82) is 0 Å². The first-order valence-corrected chi connectivity index (χ1v) is 8.29. The topological polar surface area (TPSA) is 42.2 Å².